The third-order valence-corrected chi connectivity index (χ3v) is 3.77. The topological polar surface area (TPSA) is 9.23 Å². The zero-order chi connectivity index (χ0) is 13.6. The van der Waals surface area contributed by atoms with Crippen LogP contribution in [0.25, 0.3) is 0 Å². The first-order chi connectivity index (χ1) is 9.90. The second-order valence-electron chi connectivity index (χ2n) is 5.35. The van der Waals surface area contributed by atoms with Crippen LogP contribution in [0.15, 0.2) is 72.9 Å². The lowest BCUT2D eigenvalue weighted by atomic mass is 10.0. The Hall–Kier alpha value is -2.02. The maximum Gasteiger partial charge on any atom is 0.119 e. The molecule has 0 unspecified atom stereocenters. The van der Waals surface area contributed by atoms with Crippen LogP contribution in [0.1, 0.15) is 12.0 Å². The zero-order valence-electron chi connectivity index (χ0n) is 11.6. The van der Waals surface area contributed by atoms with E-state index in [-0.39, 0.29) is 0 Å². The smallest absolute Gasteiger partial charge is 0.119 e. The number of hydrogen-bond acceptors (Lipinski definition) is 1. The molecule has 1 aromatic carbocycles. The normalized spacial score (nSPS) is 17.4. The summed E-state index contributed by atoms with van der Waals surface area (Å²) in [5.41, 5.74) is 1.36. The van der Waals surface area contributed by atoms with Crippen molar-refractivity contribution < 1.29 is 4.74 Å². The first-order valence-corrected chi connectivity index (χ1v) is 7.32. The summed E-state index contributed by atoms with van der Waals surface area (Å²) in [6.45, 7) is 0.771. The number of hydrogen-bond donors (Lipinski definition) is 0. The summed E-state index contributed by atoms with van der Waals surface area (Å²) in [5, 5.41) is 0. The Morgan fingerprint density at radius 2 is 1.35 bits per heavy atom. The predicted octanol–water partition coefficient (Wildman–Crippen LogP) is 4.48. The van der Waals surface area contributed by atoms with E-state index in [2.05, 4.69) is 72.9 Å². The van der Waals surface area contributed by atoms with E-state index in [4.69, 9.17) is 4.74 Å². The van der Waals surface area contributed by atoms with Crippen LogP contribution < -0.4 is 4.74 Å². The van der Waals surface area contributed by atoms with Gasteiger partial charge in [-0.3, -0.25) is 0 Å². The third-order valence-electron chi connectivity index (χ3n) is 3.77. The minimum Gasteiger partial charge on any atom is -0.494 e. The minimum absolute atomic E-state index is 0.551. The molecule has 0 spiro atoms. The molecule has 0 radical (unpaired) electrons. The molecule has 0 saturated heterocycles. The summed E-state index contributed by atoms with van der Waals surface area (Å²) in [7, 11) is 0. The Morgan fingerprint density at radius 3 is 2.00 bits per heavy atom. The number of allylic oxidation sites excluding steroid dienone is 8. The lowest BCUT2D eigenvalue weighted by molar-refractivity contribution is 0.301. The molecular formula is C19H20O. The fraction of sp³-hybridized carbons (Fsp3) is 0.263. The fourth-order valence-corrected chi connectivity index (χ4v) is 2.59. The van der Waals surface area contributed by atoms with Crippen molar-refractivity contribution in [2.75, 3.05) is 6.61 Å². The highest BCUT2D eigenvalue weighted by Gasteiger charge is 2.06. The van der Waals surface area contributed by atoms with E-state index < -0.39 is 0 Å². The van der Waals surface area contributed by atoms with Gasteiger partial charge in [0.1, 0.15) is 5.75 Å². The molecule has 0 amide bonds. The SMILES string of the molecule is C1=CC(CCOc2ccc(CC3C=CC=C3)cc2)C=C1. The van der Waals surface area contributed by atoms with Gasteiger partial charge in [-0.25, -0.2) is 0 Å². The van der Waals surface area contributed by atoms with Crippen molar-refractivity contribution >= 4 is 0 Å². The van der Waals surface area contributed by atoms with Crippen molar-refractivity contribution in [3.8, 4) is 5.75 Å². The highest BCUT2D eigenvalue weighted by Crippen LogP contribution is 2.19. The molecule has 0 N–H and O–H groups in total. The summed E-state index contributed by atoms with van der Waals surface area (Å²) in [4.78, 5) is 0. The van der Waals surface area contributed by atoms with Gasteiger partial charge in [-0.2, -0.15) is 0 Å². The van der Waals surface area contributed by atoms with Gasteiger partial charge in [-0.1, -0.05) is 60.7 Å². The highest BCUT2D eigenvalue weighted by atomic mass is 16.5. The van der Waals surface area contributed by atoms with Gasteiger partial charge in [0.2, 0.25) is 0 Å². The van der Waals surface area contributed by atoms with Crippen LogP contribution in [0.3, 0.4) is 0 Å². The summed E-state index contributed by atoms with van der Waals surface area (Å²) in [6, 6.07) is 8.51. The molecule has 3 rings (SSSR count). The monoisotopic (exact) mass is 264 g/mol. The highest BCUT2D eigenvalue weighted by molar-refractivity contribution is 5.29. The molecule has 0 saturated carbocycles. The van der Waals surface area contributed by atoms with Crippen LogP contribution in [-0.4, -0.2) is 6.61 Å². The first kappa shape index (κ1) is 13.0. The van der Waals surface area contributed by atoms with Gasteiger partial charge >= 0.3 is 0 Å². The maximum atomic E-state index is 5.80. The predicted molar refractivity (Wildman–Crippen MR) is 83.8 cm³/mol. The van der Waals surface area contributed by atoms with Crippen LogP contribution in [0.2, 0.25) is 0 Å². The van der Waals surface area contributed by atoms with E-state index in [9.17, 15) is 0 Å². The van der Waals surface area contributed by atoms with E-state index in [0.29, 0.717) is 11.8 Å². The van der Waals surface area contributed by atoms with E-state index >= 15 is 0 Å². The molecule has 0 fully saturated rings. The van der Waals surface area contributed by atoms with Crippen molar-refractivity contribution in [2.24, 2.45) is 11.8 Å². The summed E-state index contributed by atoms with van der Waals surface area (Å²) >= 11 is 0. The largest absolute Gasteiger partial charge is 0.494 e. The lowest BCUT2D eigenvalue weighted by Crippen LogP contribution is -2.02. The number of rotatable bonds is 6. The van der Waals surface area contributed by atoms with Gasteiger partial charge in [0.15, 0.2) is 0 Å². The molecule has 1 aromatic rings. The second kappa shape index (κ2) is 6.42. The van der Waals surface area contributed by atoms with Gasteiger partial charge in [-0.05, 0) is 42.4 Å². The van der Waals surface area contributed by atoms with Crippen molar-refractivity contribution in [3.63, 3.8) is 0 Å². The average Bonchev–Trinajstić information content (AvgIpc) is 3.14. The minimum atomic E-state index is 0.551. The van der Waals surface area contributed by atoms with E-state index in [0.717, 1.165) is 25.2 Å². The molecule has 0 atom stereocenters. The molecule has 1 nitrogen and oxygen atoms in total. The van der Waals surface area contributed by atoms with Crippen LogP contribution in [0, 0.1) is 11.8 Å². The van der Waals surface area contributed by atoms with Crippen LogP contribution in [0.4, 0.5) is 0 Å². The molecule has 0 aromatic heterocycles. The summed E-state index contributed by atoms with van der Waals surface area (Å²) < 4.78 is 5.80. The fourth-order valence-electron chi connectivity index (χ4n) is 2.59. The number of ether oxygens (including phenoxy) is 1. The molecule has 0 aliphatic heterocycles. The summed E-state index contributed by atoms with van der Waals surface area (Å²) in [6.07, 6.45) is 19.5. The molecule has 1 heteroatoms. The number of benzene rings is 1. The molecule has 2 aliphatic rings. The first-order valence-electron chi connectivity index (χ1n) is 7.32. The van der Waals surface area contributed by atoms with E-state index in [1.807, 2.05) is 0 Å². The van der Waals surface area contributed by atoms with Crippen molar-refractivity contribution in [3.05, 3.63) is 78.4 Å². The van der Waals surface area contributed by atoms with Gasteiger partial charge < -0.3 is 4.74 Å². The molecular weight excluding hydrogens is 244 g/mol. The Balaban J connectivity index is 1.45. The molecule has 0 heterocycles. The second-order valence-corrected chi connectivity index (χ2v) is 5.35. The van der Waals surface area contributed by atoms with Crippen molar-refractivity contribution in [2.45, 2.75) is 12.8 Å². The quantitative estimate of drug-likeness (QED) is 0.736. The van der Waals surface area contributed by atoms with E-state index in [1.165, 1.54) is 5.56 Å². The zero-order valence-corrected chi connectivity index (χ0v) is 11.6. The van der Waals surface area contributed by atoms with Crippen molar-refractivity contribution in [1.82, 2.24) is 0 Å². The Bertz CT molecular complexity index is 522. The third kappa shape index (κ3) is 3.51. The van der Waals surface area contributed by atoms with Crippen LogP contribution >= 0.6 is 0 Å². The van der Waals surface area contributed by atoms with Gasteiger partial charge in [-0.15, -0.1) is 0 Å². The molecule has 102 valence electrons. The molecule has 20 heavy (non-hydrogen) atoms. The van der Waals surface area contributed by atoms with Crippen LogP contribution in [-0.2, 0) is 6.42 Å². The molecule has 2 aliphatic carbocycles. The maximum absolute atomic E-state index is 5.80. The summed E-state index contributed by atoms with van der Waals surface area (Å²) in [5.74, 6) is 2.08. The Morgan fingerprint density at radius 1 is 0.750 bits per heavy atom. The van der Waals surface area contributed by atoms with E-state index in [1.54, 1.807) is 0 Å². The Kier molecular flexibility index (Phi) is 4.17. The molecule has 0 bridgehead atoms. The van der Waals surface area contributed by atoms with Crippen molar-refractivity contribution in [1.29, 1.82) is 0 Å². The van der Waals surface area contributed by atoms with Gasteiger partial charge in [0.05, 0.1) is 6.61 Å². The lowest BCUT2D eigenvalue weighted by Gasteiger charge is -2.10. The standard InChI is InChI=1S/C19H20O/c1-2-6-16(5-1)13-14-20-19-11-9-18(10-12-19)15-17-7-3-4-8-17/h1-12,16-17H,13-15H2. The van der Waals surface area contributed by atoms with Crippen LogP contribution in [0.5, 0.6) is 5.75 Å². The van der Waals surface area contributed by atoms with Gasteiger partial charge in [0, 0.05) is 0 Å². The van der Waals surface area contributed by atoms with Gasteiger partial charge in [0.25, 0.3) is 0 Å². The Labute approximate surface area is 121 Å². The average molecular weight is 264 g/mol.